The topological polar surface area (TPSA) is 104 Å². The van der Waals surface area contributed by atoms with Crippen LogP contribution in [0.5, 0.6) is 11.5 Å². The van der Waals surface area contributed by atoms with Gasteiger partial charge in [0.1, 0.15) is 6.54 Å². The predicted octanol–water partition coefficient (Wildman–Crippen LogP) is 2.72. The average molecular weight is 473 g/mol. The second-order valence-electron chi connectivity index (χ2n) is 9.20. The van der Waals surface area contributed by atoms with Gasteiger partial charge in [-0.3, -0.25) is 14.9 Å². The quantitative estimate of drug-likeness (QED) is 0.480. The van der Waals surface area contributed by atoms with Crippen LogP contribution < -0.4 is 14.8 Å². The van der Waals surface area contributed by atoms with Crippen LogP contribution in [0.2, 0.25) is 0 Å². The fourth-order valence-corrected chi connectivity index (χ4v) is 5.11. The predicted molar refractivity (Wildman–Crippen MR) is 128 cm³/mol. The molecule has 2 fully saturated rings. The Labute approximate surface area is 201 Å². The number of fused-ring (bicyclic) bond motifs is 2. The van der Waals surface area contributed by atoms with Crippen LogP contribution in [-0.4, -0.2) is 72.1 Å². The van der Waals surface area contributed by atoms with Crippen LogP contribution in [0.3, 0.4) is 0 Å². The van der Waals surface area contributed by atoms with Gasteiger partial charge in [-0.15, -0.1) is 0 Å². The van der Waals surface area contributed by atoms with E-state index < -0.39 is 0 Å². The van der Waals surface area contributed by atoms with Gasteiger partial charge in [-0.1, -0.05) is 19.3 Å². The van der Waals surface area contributed by atoms with Crippen molar-refractivity contribution in [3.8, 4) is 11.5 Å². The fraction of sp³-hybridized carbons (Fsp3) is 0.640. The highest BCUT2D eigenvalue weighted by atomic mass is 16.5. The highest BCUT2D eigenvalue weighted by molar-refractivity contribution is 6.06. The molecule has 2 aliphatic heterocycles. The first kappa shape index (κ1) is 24.3. The van der Waals surface area contributed by atoms with E-state index in [4.69, 9.17) is 9.47 Å². The molecule has 9 nitrogen and oxygen atoms in total. The van der Waals surface area contributed by atoms with Gasteiger partial charge in [0.2, 0.25) is 17.8 Å². The van der Waals surface area contributed by atoms with E-state index in [1.54, 1.807) is 7.11 Å². The maximum Gasteiger partial charge on any atom is 0.246 e. The molecular formula is C25H36N4O5. The summed E-state index contributed by atoms with van der Waals surface area (Å²) in [5.74, 6) is 2.01. The number of hydrogen-bond acceptors (Lipinski definition) is 7. The second kappa shape index (κ2) is 11.6. The van der Waals surface area contributed by atoms with Gasteiger partial charge in [0.25, 0.3) is 0 Å². The number of ether oxygens (including phenoxy) is 2. The van der Waals surface area contributed by atoms with Crippen LogP contribution in [-0.2, 0) is 16.1 Å². The molecule has 4 rings (SSSR count). The number of benzene rings is 1. The summed E-state index contributed by atoms with van der Waals surface area (Å²) < 4.78 is 11.7. The molecule has 34 heavy (non-hydrogen) atoms. The lowest BCUT2D eigenvalue weighted by atomic mass is 9.94. The maximum atomic E-state index is 12.7. The number of nitrogens with one attached hydrogen (secondary N) is 1. The SMILES string of the molecule is COc1c(OCCCCCC(=O)N(CCO)C2CCCCC2)ccc2c1CN1CC(=O)NC1=N2. The number of guanidine groups is 1. The molecular weight excluding hydrogens is 436 g/mol. The zero-order valence-electron chi connectivity index (χ0n) is 20.1. The lowest BCUT2D eigenvalue weighted by Gasteiger charge is -2.34. The number of nitrogens with zero attached hydrogens (tertiary/aromatic N) is 3. The smallest absolute Gasteiger partial charge is 0.246 e. The molecule has 1 saturated carbocycles. The van der Waals surface area contributed by atoms with E-state index in [2.05, 4.69) is 10.3 Å². The van der Waals surface area contributed by atoms with Crippen molar-refractivity contribution in [2.24, 2.45) is 4.99 Å². The third kappa shape index (κ3) is 5.63. The molecule has 0 aromatic heterocycles. The van der Waals surface area contributed by atoms with Gasteiger partial charge >= 0.3 is 0 Å². The number of amides is 2. The molecule has 186 valence electrons. The van der Waals surface area contributed by atoms with Gasteiger partial charge in [-0.2, -0.15) is 0 Å². The Bertz CT molecular complexity index is 913. The van der Waals surface area contributed by atoms with Gasteiger partial charge < -0.3 is 24.4 Å². The molecule has 1 aromatic rings. The minimum atomic E-state index is -0.0568. The summed E-state index contributed by atoms with van der Waals surface area (Å²) in [5, 5.41) is 12.2. The first-order valence-corrected chi connectivity index (χ1v) is 12.5. The van der Waals surface area contributed by atoms with Crippen LogP contribution >= 0.6 is 0 Å². The van der Waals surface area contributed by atoms with E-state index in [9.17, 15) is 14.7 Å². The van der Waals surface area contributed by atoms with Crippen molar-refractivity contribution in [2.45, 2.75) is 70.4 Å². The molecule has 1 aromatic carbocycles. The highest BCUT2D eigenvalue weighted by Crippen LogP contribution is 2.40. The molecule has 1 saturated heterocycles. The molecule has 0 unspecified atom stereocenters. The fourth-order valence-electron chi connectivity index (χ4n) is 5.11. The number of rotatable bonds is 11. The Morgan fingerprint density at radius 1 is 1.21 bits per heavy atom. The van der Waals surface area contributed by atoms with E-state index in [1.807, 2.05) is 21.9 Å². The van der Waals surface area contributed by atoms with Crippen molar-refractivity contribution in [3.05, 3.63) is 17.7 Å². The first-order chi connectivity index (χ1) is 16.6. The third-order valence-corrected chi connectivity index (χ3v) is 6.83. The summed E-state index contributed by atoms with van der Waals surface area (Å²) in [7, 11) is 1.62. The first-order valence-electron chi connectivity index (χ1n) is 12.5. The van der Waals surface area contributed by atoms with Crippen molar-refractivity contribution < 1.29 is 24.2 Å². The summed E-state index contributed by atoms with van der Waals surface area (Å²) in [6.45, 7) is 1.83. The molecule has 0 atom stereocenters. The Kier molecular flexibility index (Phi) is 8.26. The number of aliphatic hydroxyl groups excluding tert-OH is 1. The van der Waals surface area contributed by atoms with E-state index >= 15 is 0 Å². The van der Waals surface area contributed by atoms with Crippen LogP contribution in [0.1, 0.15) is 63.4 Å². The number of methoxy groups -OCH3 is 1. The largest absolute Gasteiger partial charge is 0.492 e. The number of hydrogen-bond donors (Lipinski definition) is 2. The number of carbonyl (C=O) groups is 2. The van der Waals surface area contributed by atoms with Crippen LogP contribution in [0.25, 0.3) is 0 Å². The minimum absolute atomic E-state index is 0.0237. The molecule has 0 spiro atoms. The molecule has 2 N–H and O–H groups in total. The highest BCUT2D eigenvalue weighted by Gasteiger charge is 2.31. The molecule has 9 heteroatoms. The summed E-state index contributed by atoms with van der Waals surface area (Å²) in [5.41, 5.74) is 1.69. The van der Waals surface area contributed by atoms with E-state index in [1.165, 1.54) is 19.3 Å². The maximum absolute atomic E-state index is 12.7. The standard InChI is InChI=1S/C25H36N4O5/c1-33-24-19-16-28-17-22(31)27-25(28)26-20(19)11-12-21(24)34-15-7-3-6-10-23(32)29(13-14-30)18-8-4-2-5-9-18/h11-12,18,30H,2-10,13-17H2,1H3,(H,26,27,31). The zero-order chi connectivity index (χ0) is 23.9. The summed E-state index contributed by atoms with van der Waals surface area (Å²) in [6.07, 6.45) is 8.76. The van der Waals surface area contributed by atoms with Crippen molar-refractivity contribution >= 4 is 23.5 Å². The summed E-state index contributed by atoms with van der Waals surface area (Å²) in [4.78, 5) is 32.7. The second-order valence-corrected chi connectivity index (χ2v) is 9.20. The Morgan fingerprint density at radius 3 is 2.79 bits per heavy atom. The van der Waals surface area contributed by atoms with Gasteiger partial charge in [-0.05, 0) is 44.2 Å². The van der Waals surface area contributed by atoms with E-state index in [0.29, 0.717) is 56.2 Å². The normalized spacial score (nSPS) is 17.5. The molecule has 0 bridgehead atoms. The van der Waals surface area contributed by atoms with Crippen LogP contribution in [0.15, 0.2) is 17.1 Å². The van der Waals surface area contributed by atoms with Crippen molar-refractivity contribution in [2.75, 3.05) is 33.4 Å². The summed E-state index contributed by atoms with van der Waals surface area (Å²) in [6, 6.07) is 4.04. The van der Waals surface area contributed by atoms with Crippen molar-refractivity contribution in [3.63, 3.8) is 0 Å². The number of aliphatic imine (C=N–C) groups is 1. The third-order valence-electron chi connectivity index (χ3n) is 6.83. The number of unbranched alkanes of at least 4 members (excludes halogenated alkanes) is 2. The molecule has 3 aliphatic rings. The van der Waals surface area contributed by atoms with Crippen LogP contribution in [0.4, 0.5) is 5.69 Å². The molecule has 2 amide bonds. The Hall–Kier alpha value is -2.81. The lowest BCUT2D eigenvalue weighted by molar-refractivity contribution is -0.135. The summed E-state index contributed by atoms with van der Waals surface area (Å²) >= 11 is 0. The monoisotopic (exact) mass is 472 g/mol. The van der Waals surface area contributed by atoms with Gasteiger partial charge in [0, 0.05) is 24.6 Å². The van der Waals surface area contributed by atoms with Gasteiger partial charge in [0.15, 0.2) is 11.5 Å². The molecule has 1 aliphatic carbocycles. The number of aliphatic hydroxyl groups is 1. The van der Waals surface area contributed by atoms with Crippen LogP contribution in [0, 0.1) is 0 Å². The van der Waals surface area contributed by atoms with Crippen molar-refractivity contribution in [1.82, 2.24) is 15.1 Å². The zero-order valence-corrected chi connectivity index (χ0v) is 20.1. The average Bonchev–Trinajstić information content (AvgIpc) is 3.22. The van der Waals surface area contributed by atoms with Gasteiger partial charge in [0.05, 0.1) is 32.6 Å². The number of carbonyl (C=O) groups excluding carboxylic acids is 2. The lowest BCUT2D eigenvalue weighted by Crippen LogP contribution is -2.43. The molecule has 2 heterocycles. The van der Waals surface area contributed by atoms with Gasteiger partial charge in [-0.25, -0.2) is 4.99 Å². The Morgan fingerprint density at radius 2 is 2.03 bits per heavy atom. The minimum Gasteiger partial charge on any atom is -0.492 e. The van der Waals surface area contributed by atoms with E-state index in [-0.39, 0.29) is 18.4 Å². The van der Waals surface area contributed by atoms with E-state index in [0.717, 1.165) is 43.4 Å². The Balaban J connectivity index is 1.23. The van der Waals surface area contributed by atoms with Crippen molar-refractivity contribution in [1.29, 1.82) is 0 Å². The molecule has 0 radical (unpaired) electrons.